The monoisotopic (exact) mass is 264 g/mol. The number of aromatic nitrogens is 2. The molecule has 0 bridgehead atoms. The van der Waals surface area contributed by atoms with E-state index in [4.69, 9.17) is 4.98 Å². The van der Waals surface area contributed by atoms with E-state index in [1.165, 1.54) is 0 Å². The average Bonchev–Trinajstić information content (AvgIpc) is 2.36. The van der Waals surface area contributed by atoms with E-state index in [0.717, 1.165) is 43.5 Å². The van der Waals surface area contributed by atoms with E-state index in [1.54, 1.807) is 0 Å². The normalized spacial score (nSPS) is 11.5. The fourth-order valence-corrected chi connectivity index (χ4v) is 1.82. The zero-order chi connectivity index (χ0) is 14.5. The summed E-state index contributed by atoms with van der Waals surface area (Å²) in [6, 6.07) is 2.05. The van der Waals surface area contributed by atoms with E-state index in [0.29, 0.717) is 0 Å². The molecule has 1 rings (SSSR count). The van der Waals surface area contributed by atoms with Gasteiger partial charge in [0.25, 0.3) is 0 Å². The number of rotatable bonds is 6. The molecule has 19 heavy (non-hydrogen) atoms. The lowest BCUT2D eigenvalue weighted by atomic mass is 9.96. The van der Waals surface area contributed by atoms with Crippen LogP contribution < -0.4 is 10.2 Å². The Morgan fingerprint density at radius 3 is 2.21 bits per heavy atom. The van der Waals surface area contributed by atoms with Crippen molar-refractivity contribution in [2.45, 2.75) is 53.4 Å². The molecular weight excluding hydrogens is 236 g/mol. The van der Waals surface area contributed by atoms with Crippen molar-refractivity contribution in [1.82, 2.24) is 9.97 Å². The van der Waals surface area contributed by atoms with Crippen molar-refractivity contribution in [3.63, 3.8) is 0 Å². The number of nitrogens with one attached hydrogen (secondary N) is 1. The fraction of sp³-hybridized carbons (Fsp3) is 0.733. The second kappa shape index (κ2) is 6.73. The Balaban J connectivity index is 3.15. The van der Waals surface area contributed by atoms with Gasteiger partial charge < -0.3 is 10.2 Å². The number of anilines is 2. The predicted octanol–water partition coefficient (Wildman–Crippen LogP) is 3.44. The molecule has 0 aliphatic rings. The highest BCUT2D eigenvalue weighted by atomic mass is 15.2. The molecule has 0 aromatic carbocycles. The summed E-state index contributed by atoms with van der Waals surface area (Å²) in [5.41, 5.74) is -0.0359. The average molecular weight is 264 g/mol. The molecule has 0 amide bonds. The van der Waals surface area contributed by atoms with Gasteiger partial charge in [-0.2, -0.15) is 0 Å². The van der Waals surface area contributed by atoms with Gasteiger partial charge in [-0.05, 0) is 20.3 Å². The molecule has 108 valence electrons. The SMILES string of the molecule is CCCNc1cc(N(CC)CC)nc(C(C)(C)C)n1. The minimum absolute atomic E-state index is 0.0359. The molecule has 4 nitrogen and oxygen atoms in total. The van der Waals surface area contributed by atoms with Crippen LogP contribution in [0.5, 0.6) is 0 Å². The molecule has 1 N–H and O–H groups in total. The van der Waals surface area contributed by atoms with Gasteiger partial charge in [0.1, 0.15) is 17.5 Å². The Labute approximate surface area is 117 Å². The van der Waals surface area contributed by atoms with E-state index >= 15 is 0 Å². The van der Waals surface area contributed by atoms with Crippen LogP contribution in [0, 0.1) is 0 Å². The van der Waals surface area contributed by atoms with Crippen LogP contribution in [0.4, 0.5) is 11.6 Å². The minimum Gasteiger partial charge on any atom is -0.370 e. The molecule has 1 aromatic heterocycles. The molecule has 0 aliphatic carbocycles. The Kier molecular flexibility index (Phi) is 5.58. The minimum atomic E-state index is -0.0359. The lowest BCUT2D eigenvalue weighted by molar-refractivity contribution is 0.544. The van der Waals surface area contributed by atoms with Crippen molar-refractivity contribution in [2.24, 2.45) is 0 Å². The standard InChI is InChI=1S/C15H28N4/c1-7-10-16-12-11-13(19(8-2)9-3)18-14(17-12)15(4,5)6/h11H,7-10H2,1-6H3,(H,16,17,18). The summed E-state index contributed by atoms with van der Waals surface area (Å²) in [6.45, 7) is 15.8. The molecule has 0 saturated carbocycles. The molecule has 1 heterocycles. The largest absolute Gasteiger partial charge is 0.370 e. The first-order chi connectivity index (χ1) is 8.92. The molecule has 1 aromatic rings. The van der Waals surface area contributed by atoms with Crippen LogP contribution in [0.15, 0.2) is 6.07 Å². The Bertz CT molecular complexity index is 392. The molecule has 0 radical (unpaired) electrons. The van der Waals surface area contributed by atoms with Crippen LogP contribution in [0.1, 0.15) is 53.8 Å². The zero-order valence-corrected chi connectivity index (χ0v) is 13.2. The maximum atomic E-state index is 4.73. The van der Waals surface area contributed by atoms with Gasteiger partial charge in [-0.1, -0.05) is 27.7 Å². The van der Waals surface area contributed by atoms with E-state index in [1.807, 2.05) is 0 Å². The summed E-state index contributed by atoms with van der Waals surface area (Å²) < 4.78 is 0. The van der Waals surface area contributed by atoms with Gasteiger partial charge in [0, 0.05) is 31.1 Å². The van der Waals surface area contributed by atoms with E-state index in [9.17, 15) is 0 Å². The van der Waals surface area contributed by atoms with Gasteiger partial charge in [0.05, 0.1) is 0 Å². The molecule has 0 saturated heterocycles. The quantitative estimate of drug-likeness (QED) is 0.854. The van der Waals surface area contributed by atoms with Crippen LogP contribution in [-0.4, -0.2) is 29.6 Å². The maximum absolute atomic E-state index is 4.73. The third-order valence-electron chi connectivity index (χ3n) is 3.03. The molecule has 4 heteroatoms. The number of hydrogen-bond donors (Lipinski definition) is 1. The van der Waals surface area contributed by atoms with Crippen LogP contribution >= 0.6 is 0 Å². The van der Waals surface area contributed by atoms with Gasteiger partial charge in [0.15, 0.2) is 0 Å². The van der Waals surface area contributed by atoms with Gasteiger partial charge in [-0.25, -0.2) is 9.97 Å². The van der Waals surface area contributed by atoms with Gasteiger partial charge in [-0.15, -0.1) is 0 Å². The highest BCUT2D eigenvalue weighted by Crippen LogP contribution is 2.24. The van der Waals surface area contributed by atoms with E-state index < -0.39 is 0 Å². The molecule has 0 fully saturated rings. The molecule has 0 aliphatic heterocycles. The predicted molar refractivity (Wildman–Crippen MR) is 83.1 cm³/mol. The molecule has 0 spiro atoms. The Morgan fingerprint density at radius 2 is 1.74 bits per heavy atom. The third-order valence-corrected chi connectivity index (χ3v) is 3.03. The van der Waals surface area contributed by atoms with Crippen LogP contribution in [0.3, 0.4) is 0 Å². The first kappa shape index (κ1) is 15.7. The second-order valence-electron chi connectivity index (χ2n) is 5.78. The van der Waals surface area contributed by atoms with Crippen molar-refractivity contribution < 1.29 is 0 Å². The van der Waals surface area contributed by atoms with Crippen molar-refractivity contribution in [2.75, 3.05) is 29.9 Å². The Morgan fingerprint density at radius 1 is 1.11 bits per heavy atom. The smallest absolute Gasteiger partial charge is 0.138 e. The summed E-state index contributed by atoms with van der Waals surface area (Å²) in [5.74, 6) is 2.85. The van der Waals surface area contributed by atoms with Crippen molar-refractivity contribution in [3.05, 3.63) is 11.9 Å². The third kappa shape index (κ3) is 4.37. The van der Waals surface area contributed by atoms with Gasteiger partial charge in [0.2, 0.25) is 0 Å². The second-order valence-corrected chi connectivity index (χ2v) is 5.78. The van der Waals surface area contributed by atoms with Crippen LogP contribution in [0.25, 0.3) is 0 Å². The number of hydrogen-bond acceptors (Lipinski definition) is 4. The summed E-state index contributed by atoms with van der Waals surface area (Å²) in [7, 11) is 0. The first-order valence-electron chi connectivity index (χ1n) is 7.30. The highest BCUT2D eigenvalue weighted by molar-refractivity contribution is 5.50. The van der Waals surface area contributed by atoms with E-state index in [2.05, 4.69) is 62.8 Å². The summed E-state index contributed by atoms with van der Waals surface area (Å²) in [5, 5.41) is 3.37. The molecule has 0 atom stereocenters. The highest BCUT2D eigenvalue weighted by Gasteiger charge is 2.20. The topological polar surface area (TPSA) is 41.0 Å². The summed E-state index contributed by atoms with van der Waals surface area (Å²) in [4.78, 5) is 11.6. The lowest BCUT2D eigenvalue weighted by Crippen LogP contribution is -2.26. The van der Waals surface area contributed by atoms with Crippen molar-refractivity contribution in [1.29, 1.82) is 0 Å². The molecular formula is C15H28N4. The first-order valence-corrected chi connectivity index (χ1v) is 7.30. The number of nitrogens with zero attached hydrogens (tertiary/aromatic N) is 3. The maximum Gasteiger partial charge on any atom is 0.138 e. The molecule has 0 unspecified atom stereocenters. The lowest BCUT2D eigenvalue weighted by Gasteiger charge is -2.24. The van der Waals surface area contributed by atoms with E-state index in [-0.39, 0.29) is 5.41 Å². The summed E-state index contributed by atoms with van der Waals surface area (Å²) >= 11 is 0. The van der Waals surface area contributed by atoms with Crippen LogP contribution in [-0.2, 0) is 5.41 Å². The summed E-state index contributed by atoms with van der Waals surface area (Å²) in [6.07, 6.45) is 1.09. The fourth-order valence-electron chi connectivity index (χ4n) is 1.82. The van der Waals surface area contributed by atoms with Gasteiger partial charge >= 0.3 is 0 Å². The van der Waals surface area contributed by atoms with Crippen LogP contribution in [0.2, 0.25) is 0 Å². The van der Waals surface area contributed by atoms with Crippen molar-refractivity contribution in [3.8, 4) is 0 Å². The van der Waals surface area contributed by atoms with Crippen molar-refractivity contribution >= 4 is 11.6 Å². The zero-order valence-electron chi connectivity index (χ0n) is 13.2. The Hall–Kier alpha value is -1.32. The van der Waals surface area contributed by atoms with Gasteiger partial charge in [-0.3, -0.25) is 0 Å².